The highest BCUT2D eigenvalue weighted by Gasteiger charge is 2.57. The summed E-state index contributed by atoms with van der Waals surface area (Å²) in [6, 6.07) is 0. The van der Waals surface area contributed by atoms with Crippen molar-refractivity contribution in [2.45, 2.75) is 88.7 Å². The van der Waals surface area contributed by atoms with Crippen molar-refractivity contribution in [3.05, 3.63) is 4.72 Å². The first-order valence-corrected chi connectivity index (χ1v) is 15.2. The van der Waals surface area contributed by atoms with Crippen LogP contribution in [0.4, 0.5) is 13.2 Å². The van der Waals surface area contributed by atoms with Gasteiger partial charge in [-0.3, -0.25) is 9.59 Å². The SMILES string of the molecule is O=C(OCC(C[N-]S(=O)(=O)C(F)(F)F)OC(=O)C12CC3CC(CC(C3)C1)C2)C12CC3CC(CC(C3)C1)C2. The second kappa shape index (κ2) is 8.83. The van der Waals surface area contributed by atoms with E-state index in [0.717, 1.165) is 57.8 Å². The second-order valence-electron chi connectivity index (χ2n) is 13.3. The molecule has 0 saturated heterocycles. The number of rotatable bonds is 8. The van der Waals surface area contributed by atoms with E-state index in [0.29, 0.717) is 54.8 Å². The highest BCUT2D eigenvalue weighted by molar-refractivity contribution is 7.94. The molecule has 8 bridgehead atoms. The highest BCUT2D eigenvalue weighted by atomic mass is 32.2. The third-order valence-corrected chi connectivity index (χ3v) is 11.4. The van der Waals surface area contributed by atoms with Gasteiger partial charge in [-0.2, -0.15) is 13.2 Å². The lowest BCUT2D eigenvalue weighted by molar-refractivity contribution is -0.185. The molecule has 37 heavy (non-hydrogen) atoms. The Labute approximate surface area is 215 Å². The van der Waals surface area contributed by atoms with Crippen molar-refractivity contribution >= 4 is 22.0 Å². The lowest BCUT2D eigenvalue weighted by Crippen LogP contribution is -2.52. The number of esters is 2. The molecule has 7 nitrogen and oxygen atoms in total. The Morgan fingerprint density at radius 1 is 0.757 bits per heavy atom. The Morgan fingerprint density at radius 2 is 1.14 bits per heavy atom. The van der Waals surface area contributed by atoms with Gasteiger partial charge in [0.15, 0.2) is 10.0 Å². The zero-order valence-electron chi connectivity index (χ0n) is 20.9. The van der Waals surface area contributed by atoms with Crippen LogP contribution in [0.5, 0.6) is 0 Å². The molecule has 0 spiro atoms. The van der Waals surface area contributed by atoms with Crippen molar-refractivity contribution in [3.63, 3.8) is 0 Å². The van der Waals surface area contributed by atoms with Gasteiger partial charge in [0.05, 0.1) is 10.8 Å². The monoisotopic (exact) mass is 546 g/mol. The molecule has 0 aromatic heterocycles. The molecule has 8 rings (SSSR count). The minimum Gasteiger partial charge on any atom is -0.538 e. The van der Waals surface area contributed by atoms with Gasteiger partial charge in [0.25, 0.3) is 0 Å². The average Bonchev–Trinajstić information content (AvgIpc) is 2.78. The van der Waals surface area contributed by atoms with E-state index in [-0.39, 0.29) is 0 Å². The Morgan fingerprint density at radius 3 is 1.51 bits per heavy atom. The summed E-state index contributed by atoms with van der Waals surface area (Å²) in [4.78, 5) is 26.7. The van der Waals surface area contributed by atoms with E-state index < -0.39 is 57.6 Å². The molecule has 0 aliphatic heterocycles. The molecule has 8 aliphatic carbocycles. The number of sulfonamides is 1. The van der Waals surface area contributed by atoms with Gasteiger partial charge in [-0.05, 0) is 113 Å². The Bertz CT molecular complexity index is 986. The van der Waals surface area contributed by atoms with Gasteiger partial charge in [0.2, 0.25) is 0 Å². The van der Waals surface area contributed by atoms with E-state index in [9.17, 15) is 31.2 Å². The van der Waals surface area contributed by atoms with Gasteiger partial charge in [0.1, 0.15) is 12.7 Å². The minimum atomic E-state index is -5.76. The number of carbonyl (C=O) groups excluding carboxylic acids is 2. The molecule has 0 aromatic rings. The average molecular weight is 547 g/mol. The van der Waals surface area contributed by atoms with Crippen molar-refractivity contribution < 1.29 is 40.7 Å². The number of halogens is 3. The number of alkyl halides is 3. The number of ether oxygens (including phenoxy) is 2. The maximum atomic E-state index is 13.4. The molecule has 8 saturated carbocycles. The molecule has 0 radical (unpaired) electrons. The van der Waals surface area contributed by atoms with Crippen LogP contribution >= 0.6 is 0 Å². The van der Waals surface area contributed by atoms with Crippen LogP contribution in [0, 0.1) is 46.3 Å². The van der Waals surface area contributed by atoms with Crippen molar-refractivity contribution in [1.82, 2.24) is 0 Å². The summed E-state index contributed by atoms with van der Waals surface area (Å²) in [5.41, 5.74) is -6.81. The normalized spacial score (nSPS) is 42.6. The predicted molar refractivity (Wildman–Crippen MR) is 125 cm³/mol. The van der Waals surface area contributed by atoms with Crippen molar-refractivity contribution in [3.8, 4) is 0 Å². The lowest BCUT2D eigenvalue weighted by Gasteiger charge is -2.55. The van der Waals surface area contributed by atoms with Crippen LogP contribution in [-0.4, -0.2) is 45.1 Å². The summed E-state index contributed by atoms with van der Waals surface area (Å²) in [6.45, 7) is -1.41. The van der Waals surface area contributed by atoms with E-state index in [1.165, 1.54) is 0 Å². The number of hydrogen-bond acceptors (Lipinski definition) is 6. The Balaban J connectivity index is 1.14. The zero-order chi connectivity index (χ0) is 26.2. The van der Waals surface area contributed by atoms with E-state index in [1.807, 2.05) is 0 Å². The summed E-state index contributed by atoms with van der Waals surface area (Å²) < 4.78 is 76.1. The van der Waals surface area contributed by atoms with E-state index in [2.05, 4.69) is 4.72 Å². The molecule has 1 atom stereocenters. The molecule has 208 valence electrons. The molecule has 8 aliphatic rings. The zero-order valence-corrected chi connectivity index (χ0v) is 21.7. The van der Waals surface area contributed by atoms with Crippen LogP contribution in [0.1, 0.15) is 77.0 Å². The molecular weight excluding hydrogens is 511 g/mol. The fourth-order valence-electron chi connectivity index (χ4n) is 9.70. The fraction of sp³-hybridized carbons (Fsp3) is 0.923. The standard InChI is InChI=1S/C26H35F3NO6S/c27-26(28,29)37(33,34)30-13-21(36-23(32)25-10-18-4-19(11-25)6-20(5-18)12-25)14-35-22(31)24-7-15-1-16(8-24)3-17(2-15)9-24/h15-21H,1-14H2/q-1. The lowest BCUT2D eigenvalue weighted by atomic mass is 9.49. The first-order chi connectivity index (χ1) is 17.3. The van der Waals surface area contributed by atoms with Gasteiger partial charge in [0, 0.05) is 0 Å². The Kier molecular flexibility index (Phi) is 6.18. The molecule has 0 amide bonds. The third-order valence-electron chi connectivity index (χ3n) is 10.4. The predicted octanol–water partition coefficient (Wildman–Crippen LogP) is 5.10. The maximum absolute atomic E-state index is 13.4. The summed E-state index contributed by atoms with van der Waals surface area (Å²) in [6.07, 6.45) is 9.63. The summed E-state index contributed by atoms with van der Waals surface area (Å²) in [5.74, 6) is 1.91. The van der Waals surface area contributed by atoms with Crippen LogP contribution in [0.2, 0.25) is 0 Å². The first-order valence-electron chi connectivity index (χ1n) is 13.7. The van der Waals surface area contributed by atoms with E-state index in [4.69, 9.17) is 9.47 Å². The summed E-state index contributed by atoms with van der Waals surface area (Å²) >= 11 is 0. The van der Waals surface area contributed by atoms with Crippen molar-refractivity contribution in [1.29, 1.82) is 0 Å². The molecule has 0 aromatic carbocycles. The van der Waals surface area contributed by atoms with Crippen LogP contribution in [0.15, 0.2) is 0 Å². The number of carbonyl (C=O) groups is 2. The first kappa shape index (κ1) is 25.9. The van der Waals surface area contributed by atoms with Crippen LogP contribution in [0.3, 0.4) is 0 Å². The molecule has 8 fully saturated rings. The van der Waals surface area contributed by atoms with Crippen LogP contribution < -0.4 is 0 Å². The fourth-order valence-corrected chi connectivity index (χ4v) is 10.2. The van der Waals surface area contributed by atoms with E-state index in [1.54, 1.807) is 0 Å². The quantitative estimate of drug-likeness (QED) is 0.393. The molecule has 11 heteroatoms. The second-order valence-corrected chi connectivity index (χ2v) is 14.9. The molecular formula is C26H35F3NO6S-. The number of nitrogens with zero attached hydrogens (tertiary/aromatic N) is 1. The summed E-state index contributed by atoms with van der Waals surface area (Å²) in [7, 11) is -5.76. The van der Waals surface area contributed by atoms with Gasteiger partial charge in [-0.15, -0.1) is 0 Å². The largest absolute Gasteiger partial charge is 0.538 e. The van der Waals surface area contributed by atoms with Crippen LogP contribution in [0.25, 0.3) is 4.72 Å². The van der Waals surface area contributed by atoms with Crippen LogP contribution in [-0.2, 0) is 29.1 Å². The van der Waals surface area contributed by atoms with Gasteiger partial charge < -0.3 is 14.2 Å². The molecule has 0 heterocycles. The van der Waals surface area contributed by atoms with Crippen molar-refractivity contribution in [2.24, 2.45) is 46.3 Å². The number of hydrogen-bond donors (Lipinski definition) is 0. The maximum Gasteiger partial charge on any atom is 0.480 e. The highest BCUT2D eigenvalue weighted by Crippen LogP contribution is 2.61. The van der Waals surface area contributed by atoms with Gasteiger partial charge in [-0.25, -0.2) is 8.42 Å². The van der Waals surface area contributed by atoms with Gasteiger partial charge in [-0.1, -0.05) is 6.54 Å². The van der Waals surface area contributed by atoms with E-state index >= 15 is 0 Å². The molecule has 1 unspecified atom stereocenters. The smallest absolute Gasteiger partial charge is 0.480 e. The van der Waals surface area contributed by atoms with Crippen molar-refractivity contribution in [2.75, 3.05) is 13.2 Å². The topological polar surface area (TPSA) is 101 Å². The Hall–Kier alpha value is -1.36. The summed E-state index contributed by atoms with van der Waals surface area (Å²) in [5, 5.41) is 0. The van der Waals surface area contributed by atoms with Gasteiger partial charge >= 0.3 is 17.4 Å². The minimum absolute atomic E-state index is 0.402. The molecule has 0 N–H and O–H groups in total. The third kappa shape index (κ3) is 4.70.